The first-order valence-corrected chi connectivity index (χ1v) is 7.16. The van der Waals surface area contributed by atoms with Gasteiger partial charge in [-0.3, -0.25) is 0 Å². The zero-order valence-electron chi connectivity index (χ0n) is 8.22. The highest BCUT2D eigenvalue weighted by atomic mass is 28.3. The lowest BCUT2D eigenvalue weighted by molar-refractivity contribution is 0.617. The average Bonchev–Trinajstić information content (AvgIpc) is 2.16. The monoisotopic (exact) mass is 216 g/mol. The number of nitrogens with two attached hydrogens (primary N) is 2. The first-order chi connectivity index (χ1) is 6.41. The van der Waals surface area contributed by atoms with Gasteiger partial charge < -0.3 is 15.6 Å². The van der Waals surface area contributed by atoms with Gasteiger partial charge in [0.1, 0.15) is 0 Å². The summed E-state index contributed by atoms with van der Waals surface area (Å²) in [6.07, 6.45) is 4.68. The van der Waals surface area contributed by atoms with Crippen LogP contribution in [0.2, 0.25) is 12.1 Å². The van der Waals surface area contributed by atoms with E-state index in [2.05, 4.69) is 0 Å². The van der Waals surface area contributed by atoms with Crippen molar-refractivity contribution < 1.29 is 4.12 Å². The molecular formula is C8H20N2OSi2. The number of hydrogen-bond donors (Lipinski definition) is 2. The maximum Gasteiger partial charge on any atom is 0.214 e. The van der Waals surface area contributed by atoms with Gasteiger partial charge in [-0.05, 0) is 38.0 Å². The molecule has 13 heavy (non-hydrogen) atoms. The van der Waals surface area contributed by atoms with Crippen LogP contribution in [0.25, 0.3) is 0 Å². The van der Waals surface area contributed by atoms with E-state index in [4.69, 9.17) is 15.6 Å². The van der Waals surface area contributed by atoms with Crippen molar-refractivity contribution in [3.8, 4) is 0 Å². The fraction of sp³-hybridized carbons (Fsp3) is 1.00. The molecule has 0 aromatic rings. The van der Waals surface area contributed by atoms with Crippen LogP contribution in [0.3, 0.4) is 0 Å². The van der Waals surface area contributed by atoms with Crippen molar-refractivity contribution >= 4 is 19.5 Å². The molecule has 0 aromatic heterocycles. The summed E-state index contributed by atoms with van der Waals surface area (Å²) in [5.74, 6) is 0. The molecule has 0 aliphatic rings. The van der Waals surface area contributed by atoms with E-state index < -0.39 is 0 Å². The van der Waals surface area contributed by atoms with Crippen LogP contribution in [-0.4, -0.2) is 32.6 Å². The Morgan fingerprint density at radius 2 is 1.23 bits per heavy atom. The lowest BCUT2D eigenvalue weighted by Gasteiger charge is -2.00. The van der Waals surface area contributed by atoms with Gasteiger partial charge in [-0.15, -0.1) is 0 Å². The molecule has 0 fully saturated rings. The standard InChI is InChI=1S/C8H20N2OSi2/c9-5-1-3-7-12-11-13-8-4-2-6-10/h1-10H2. The highest BCUT2D eigenvalue weighted by Gasteiger charge is 1.94. The van der Waals surface area contributed by atoms with Crippen LogP contribution in [-0.2, 0) is 4.12 Å². The molecular weight excluding hydrogens is 196 g/mol. The molecule has 0 aliphatic heterocycles. The van der Waals surface area contributed by atoms with E-state index in [1.54, 1.807) is 0 Å². The second kappa shape index (κ2) is 12.3. The van der Waals surface area contributed by atoms with Gasteiger partial charge in [-0.2, -0.15) is 0 Å². The van der Waals surface area contributed by atoms with Crippen molar-refractivity contribution in [3.63, 3.8) is 0 Å². The molecule has 5 heteroatoms. The van der Waals surface area contributed by atoms with Crippen molar-refractivity contribution in [2.75, 3.05) is 13.1 Å². The molecule has 76 valence electrons. The van der Waals surface area contributed by atoms with E-state index in [1.165, 1.54) is 24.9 Å². The molecule has 4 radical (unpaired) electrons. The Morgan fingerprint density at radius 3 is 1.62 bits per heavy atom. The molecule has 0 aromatic carbocycles. The maximum atomic E-state index is 5.50. The summed E-state index contributed by atoms with van der Waals surface area (Å²) in [5, 5.41) is 0. The fourth-order valence-electron chi connectivity index (χ4n) is 0.836. The zero-order valence-corrected chi connectivity index (χ0v) is 10.2. The Kier molecular flexibility index (Phi) is 12.6. The van der Waals surface area contributed by atoms with Crippen LogP contribution in [0, 0.1) is 0 Å². The molecule has 0 heterocycles. The molecule has 0 atom stereocenters. The summed E-state index contributed by atoms with van der Waals surface area (Å²) in [7, 11) is 1.36. The Hall–Kier alpha value is 0.314. The average molecular weight is 216 g/mol. The third kappa shape index (κ3) is 12.3. The number of unbranched alkanes of at least 4 members (excludes halogenated alkanes) is 2. The summed E-state index contributed by atoms with van der Waals surface area (Å²) in [6.45, 7) is 1.62. The predicted molar refractivity (Wildman–Crippen MR) is 58.8 cm³/mol. The number of rotatable bonds is 10. The van der Waals surface area contributed by atoms with Gasteiger partial charge >= 0.3 is 0 Å². The molecule has 0 spiro atoms. The van der Waals surface area contributed by atoms with Gasteiger partial charge in [0.15, 0.2) is 0 Å². The molecule has 0 bridgehead atoms. The fourth-order valence-corrected chi connectivity index (χ4v) is 2.85. The summed E-state index contributed by atoms with van der Waals surface area (Å²) >= 11 is 0. The largest absolute Gasteiger partial charge is 0.457 e. The Morgan fingerprint density at radius 1 is 0.769 bits per heavy atom. The van der Waals surface area contributed by atoms with Gasteiger partial charge in [0.2, 0.25) is 19.5 Å². The van der Waals surface area contributed by atoms with Crippen molar-refractivity contribution in [2.24, 2.45) is 11.5 Å². The zero-order chi connectivity index (χ0) is 9.78. The summed E-state index contributed by atoms with van der Waals surface area (Å²) in [5.41, 5.74) is 10.8. The molecule has 0 saturated carbocycles. The first-order valence-electron chi connectivity index (χ1n) is 4.93. The van der Waals surface area contributed by atoms with Gasteiger partial charge in [0.25, 0.3) is 0 Å². The third-order valence-corrected chi connectivity index (χ3v) is 3.88. The van der Waals surface area contributed by atoms with Crippen LogP contribution in [0.1, 0.15) is 25.7 Å². The highest BCUT2D eigenvalue weighted by Crippen LogP contribution is 1.96. The summed E-state index contributed by atoms with van der Waals surface area (Å²) in [6, 6.07) is 2.36. The molecule has 4 N–H and O–H groups in total. The normalized spacial score (nSPS) is 10.6. The Balaban J connectivity index is 2.76. The van der Waals surface area contributed by atoms with Crippen LogP contribution < -0.4 is 11.5 Å². The molecule has 0 amide bonds. The summed E-state index contributed by atoms with van der Waals surface area (Å²) in [4.78, 5) is 0. The van der Waals surface area contributed by atoms with Crippen LogP contribution >= 0.6 is 0 Å². The Bertz CT molecular complexity index is 86.2. The van der Waals surface area contributed by atoms with Crippen molar-refractivity contribution in [1.29, 1.82) is 0 Å². The first kappa shape index (κ1) is 13.3. The molecule has 3 nitrogen and oxygen atoms in total. The van der Waals surface area contributed by atoms with Crippen molar-refractivity contribution in [3.05, 3.63) is 0 Å². The number of hydrogen-bond acceptors (Lipinski definition) is 3. The lowest BCUT2D eigenvalue weighted by Crippen LogP contribution is -2.06. The quantitative estimate of drug-likeness (QED) is 0.414. The van der Waals surface area contributed by atoms with Crippen LogP contribution in [0.4, 0.5) is 0 Å². The van der Waals surface area contributed by atoms with E-state index in [0.29, 0.717) is 19.5 Å². The van der Waals surface area contributed by atoms with Crippen LogP contribution in [0.15, 0.2) is 0 Å². The van der Waals surface area contributed by atoms with E-state index in [-0.39, 0.29) is 0 Å². The topological polar surface area (TPSA) is 61.3 Å². The van der Waals surface area contributed by atoms with Gasteiger partial charge in [-0.1, -0.05) is 12.8 Å². The summed E-state index contributed by atoms with van der Waals surface area (Å²) < 4.78 is 5.50. The van der Waals surface area contributed by atoms with Gasteiger partial charge in [0, 0.05) is 0 Å². The maximum absolute atomic E-state index is 5.50. The molecule has 0 rings (SSSR count). The highest BCUT2D eigenvalue weighted by molar-refractivity contribution is 6.42. The minimum atomic E-state index is 0.680. The van der Waals surface area contributed by atoms with E-state index in [9.17, 15) is 0 Å². The predicted octanol–water partition coefficient (Wildman–Crippen LogP) is 0.556. The minimum absolute atomic E-state index is 0.680. The van der Waals surface area contributed by atoms with E-state index in [0.717, 1.165) is 25.9 Å². The second-order valence-electron chi connectivity index (χ2n) is 2.88. The Labute approximate surface area is 86.5 Å². The third-order valence-electron chi connectivity index (χ3n) is 1.61. The molecule has 0 saturated heterocycles. The SMILES string of the molecule is NCCCC[Si]O[Si]CCCCN. The second-order valence-corrected chi connectivity index (χ2v) is 5.28. The lowest BCUT2D eigenvalue weighted by atomic mass is 10.3. The molecule has 0 unspecified atom stereocenters. The van der Waals surface area contributed by atoms with Gasteiger partial charge in [-0.25, -0.2) is 0 Å². The smallest absolute Gasteiger partial charge is 0.214 e. The van der Waals surface area contributed by atoms with E-state index in [1.807, 2.05) is 0 Å². The van der Waals surface area contributed by atoms with E-state index >= 15 is 0 Å². The van der Waals surface area contributed by atoms with Crippen molar-refractivity contribution in [1.82, 2.24) is 0 Å². The minimum Gasteiger partial charge on any atom is -0.457 e. The van der Waals surface area contributed by atoms with Crippen molar-refractivity contribution in [2.45, 2.75) is 37.8 Å². The van der Waals surface area contributed by atoms with Crippen LogP contribution in [0.5, 0.6) is 0 Å². The molecule has 0 aliphatic carbocycles. The van der Waals surface area contributed by atoms with Gasteiger partial charge in [0.05, 0.1) is 0 Å².